The van der Waals surface area contributed by atoms with Crippen LogP contribution in [0.4, 0.5) is 0 Å². The Kier molecular flexibility index (Phi) is 5.72. The minimum absolute atomic E-state index is 0.0799. The third-order valence-electron chi connectivity index (χ3n) is 3.25. The third-order valence-corrected chi connectivity index (χ3v) is 5.20. The second kappa shape index (κ2) is 6.65. The number of rotatable bonds is 5. The topological polar surface area (TPSA) is 87.0 Å². The van der Waals surface area contributed by atoms with Crippen LogP contribution in [0.15, 0.2) is 0 Å². The van der Waals surface area contributed by atoms with Crippen LogP contribution in [-0.4, -0.2) is 74.2 Å². The van der Waals surface area contributed by atoms with Crippen molar-refractivity contribution in [2.75, 3.05) is 40.3 Å². The van der Waals surface area contributed by atoms with Gasteiger partial charge < -0.3 is 10.6 Å². The van der Waals surface area contributed by atoms with E-state index in [0.29, 0.717) is 32.6 Å². The highest BCUT2D eigenvalue weighted by Gasteiger charge is 2.31. The number of carbonyl (C=O) groups is 1. The van der Waals surface area contributed by atoms with Crippen molar-refractivity contribution in [1.82, 2.24) is 13.5 Å². The molecule has 1 rings (SSSR count). The lowest BCUT2D eigenvalue weighted by atomic mass is 10.1. The zero-order valence-corrected chi connectivity index (χ0v) is 12.7. The Labute approximate surface area is 115 Å². The van der Waals surface area contributed by atoms with E-state index in [2.05, 4.69) is 0 Å². The molecule has 0 unspecified atom stereocenters. The highest BCUT2D eigenvalue weighted by atomic mass is 32.2. The van der Waals surface area contributed by atoms with Gasteiger partial charge in [0.2, 0.25) is 5.91 Å². The molecule has 7 nitrogen and oxygen atoms in total. The van der Waals surface area contributed by atoms with Crippen LogP contribution in [0.25, 0.3) is 0 Å². The lowest BCUT2D eigenvalue weighted by Gasteiger charge is -2.36. The van der Waals surface area contributed by atoms with E-state index in [4.69, 9.17) is 5.73 Å². The van der Waals surface area contributed by atoms with Crippen molar-refractivity contribution in [2.24, 2.45) is 5.73 Å². The molecule has 0 spiro atoms. The Morgan fingerprint density at radius 1 is 1.26 bits per heavy atom. The van der Waals surface area contributed by atoms with Crippen LogP contribution < -0.4 is 5.73 Å². The van der Waals surface area contributed by atoms with Crippen LogP contribution in [0.1, 0.15) is 19.8 Å². The predicted molar refractivity (Wildman–Crippen MR) is 73.6 cm³/mol. The molecule has 1 heterocycles. The molecule has 112 valence electrons. The fourth-order valence-corrected chi connectivity index (χ4v) is 3.13. The highest BCUT2D eigenvalue weighted by Crippen LogP contribution is 2.11. The molecule has 0 aromatic rings. The van der Waals surface area contributed by atoms with Gasteiger partial charge in [-0.15, -0.1) is 0 Å². The second-order valence-electron chi connectivity index (χ2n) is 4.91. The Balaban J connectivity index is 2.56. The Bertz CT molecular complexity index is 402. The normalized spacial score (nSPS) is 19.7. The molecular formula is C11H24N4O3S. The first-order valence-electron chi connectivity index (χ1n) is 6.52. The first-order valence-corrected chi connectivity index (χ1v) is 7.92. The minimum atomic E-state index is -3.38. The van der Waals surface area contributed by atoms with E-state index in [1.165, 1.54) is 22.7 Å². The zero-order chi connectivity index (χ0) is 14.6. The molecular weight excluding hydrogens is 268 g/mol. The lowest BCUT2D eigenvalue weighted by Crippen LogP contribution is -2.55. The molecule has 1 aliphatic heterocycles. The van der Waals surface area contributed by atoms with Crippen LogP contribution in [-0.2, 0) is 15.0 Å². The van der Waals surface area contributed by atoms with Gasteiger partial charge >= 0.3 is 0 Å². The molecule has 0 radical (unpaired) electrons. The quantitative estimate of drug-likeness (QED) is 0.709. The number of amides is 1. The van der Waals surface area contributed by atoms with Crippen molar-refractivity contribution in [3.8, 4) is 0 Å². The summed E-state index contributed by atoms with van der Waals surface area (Å²) in [6.45, 7) is 3.44. The van der Waals surface area contributed by atoms with E-state index in [1.54, 1.807) is 4.90 Å². The van der Waals surface area contributed by atoms with E-state index < -0.39 is 16.3 Å². The summed E-state index contributed by atoms with van der Waals surface area (Å²) >= 11 is 0. The summed E-state index contributed by atoms with van der Waals surface area (Å²) in [4.78, 5) is 13.7. The molecule has 1 fully saturated rings. The molecule has 0 aromatic heterocycles. The summed E-state index contributed by atoms with van der Waals surface area (Å²) < 4.78 is 26.4. The maximum atomic E-state index is 12.0. The smallest absolute Gasteiger partial charge is 0.281 e. The molecule has 1 saturated heterocycles. The summed E-state index contributed by atoms with van der Waals surface area (Å²) in [6, 6.07) is -0.470. The predicted octanol–water partition coefficient (Wildman–Crippen LogP) is -0.936. The zero-order valence-electron chi connectivity index (χ0n) is 11.9. The van der Waals surface area contributed by atoms with Gasteiger partial charge in [0.05, 0.1) is 6.04 Å². The molecule has 2 N–H and O–H groups in total. The Morgan fingerprint density at radius 3 is 2.21 bits per heavy atom. The van der Waals surface area contributed by atoms with Crippen molar-refractivity contribution < 1.29 is 13.2 Å². The van der Waals surface area contributed by atoms with Crippen molar-refractivity contribution >= 4 is 16.1 Å². The minimum Gasteiger partial charge on any atom is -0.339 e. The van der Waals surface area contributed by atoms with E-state index in [1.807, 2.05) is 6.92 Å². The van der Waals surface area contributed by atoms with Crippen molar-refractivity contribution in [2.45, 2.75) is 25.8 Å². The molecule has 1 aliphatic rings. The molecule has 0 aliphatic carbocycles. The second-order valence-corrected chi connectivity index (χ2v) is 7.05. The highest BCUT2D eigenvalue weighted by molar-refractivity contribution is 7.86. The average Bonchev–Trinajstić information content (AvgIpc) is 2.38. The van der Waals surface area contributed by atoms with Gasteiger partial charge in [0.1, 0.15) is 0 Å². The van der Waals surface area contributed by atoms with Crippen LogP contribution in [0.5, 0.6) is 0 Å². The summed E-state index contributed by atoms with van der Waals surface area (Å²) in [5.74, 6) is -0.0799. The van der Waals surface area contributed by atoms with Gasteiger partial charge in [0.15, 0.2) is 0 Å². The van der Waals surface area contributed by atoms with Crippen molar-refractivity contribution in [3.05, 3.63) is 0 Å². The number of hydrogen-bond donors (Lipinski definition) is 1. The van der Waals surface area contributed by atoms with Gasteiger partial charge in [-0.1, -0.05) is 13.3 Å². The van der Waals surface area contributed by atoms with Crippen molar-refractivity contribution in [1.29, 1.82) is 0 Å². The molecule has 0 aromatic carbocycles. The summed E-state index contributed by atoms with van der Waals surface area (Å²) in [7, 11) is -0.374. The fourth-order valence-electron chi connectivity index (χ4n) is 2.04. The number of nitrogens with two attached hydrogens (primary N) is 1. The standard InChI is InChI=1S/C11H24N4O3S/c1-4-5-10(12)11(16)14-6-8-15(9-7-14)19(17,18)13(2)3/h10H,4-9,12H2,1-3H3/t10-/m1/s1. The Hall–Kier alpha value is -0.700. The number of piperazine rings is 1. The van der Waals surface area contributed by atoms with Crippen LogP contribution >= 0.6 is 0 Å². The first-order chi connectivity index (χ1) is 8.80. The number of carbonyl (C=O) groups excluding carboxylic acids is 1. The monoisotopic (exact) mass is 292 g/mol. The maximum Gasteiger partial charge on any atom is 0.281 e. The van der Waals surface area contributed by atoms with E-state index >= 15 is 0 Å². The average molecular weight is 292 g/mol. The fraction of sp³-hybridized carbons (Fsp3) is 0.909. The molecule has 19 heavy (non-hydrogen) atoms. The molecule has 0 bridgehead atoms. The largest absolute Gasteiger partial charge is 0.339 e. The first kappa shape index (κ1) is 16.4. The maximum absolute atomic E-state index is 12.0. The van der Waals surface area contributed by atoms with Crippen LogP contribution in [0, 0.1) is 0 Å². The van der Waals surface area contributed by atoms with E-state index in [-0.39, 0.29) is 5.91 Å². The van der Waals surface area contributed by atoms with Gasteiger partial charge in [0.25, 0.3) is 10.2 Å². The molecule has 1 amide bonds. The Morgan fingerprint density at radius 2 is 1.79 bits per heavy atom. The molecule has 0 saturated carbocycles. The molecule has 1 atom stereocenters. The van der Waals surface area contributed by atoms with Crippen molar-refractivity contribution in [3.63, 3.8) is 0 Å². The van der Waals surface area contributed by atoms with Crippen LogP contribution in [0.2, 0.25) is 0 Å². The third kappa shape index (κ3) is 3.88. The summed E-state index contributed by atoms with van der Waals surface area (Å²) in [5, 5.41) is 0. The van der Waals surface area contributed by atoms with Crippen LogP contribution in [0.3, 0.4) is 0 Å². The van der Waals surface area contributed by atoms with Gasteiger partial charge in [-0.25, -0.2) is 0 Å². The van der Waals surface area contributed by atoms with Gasteiger partial charge in [0, 0.05) is 40.3 Å². The number of hydrogen-bond acceptors (Lipinski definition) is 4. The SMILES string of the molecule is CCC[C@@H](N)C(=O)N1CCN(S(=O)(=O)N(C)C)CC1. The van der Waals surface area contributed by atoms with Gasteiger partial charge in [-0.3, -0.25) is 4.79 Å². The van der Waals surface area contributed by atoms with E-state index in [0.717, 1.165) is 6.42 Å². The van der Waals surface area contributed by atoms with E-state index in [9.17, 15) is 13.2 Å². The summed E-state index contributed by atoms with van der Waals surface area (Å²) in [5.41, 5.74) is 5.80. The number of nitrogens with zero attached hydrogens (tertiary/aromatic N) is 3. The summed E-state index contributed by atoms with van der Waals surface area (Å²) in [6.07, 6.45) is 1.52. The lowest BCUT2D eigenvalue weighted by molar-refractivity contribution is -0.133. The van der Waals surface area contributed by atoms with Gasteiger partial charge in [-0.05, 0) is 6.42 Å². The van der Waals surface area contributed by atoms with Gasteiger partial charge in [-0.2, -0.15) is 17.0 Å². The molecule has 8 heteroatoms.